The molecule has 0 aliphatic heterocycles. The molecule has 0 saturated carbocycles. The minimum absolute atomic E-state index is 0.484. The highest BCUT2D eigenvalue weighted by molar-refractivity contribution is 5.60. The predicted octanol–water partition coefficient (Wildman–Crippen LogP) is 3.43. The molecule has 0 heterocycles. The van der Waals surface area contributed by atoms with Crippen molar-refractivity contribution in [2.75, 3.05) is 26.3 Å². The standard InChI is InChI=1S/C18H35N3O/c1-3-9-18(11-6-4-5-7-12-19)16-22-15-8-10-17(2)21-14-13-20/h6,10-11,14,18H,3-5,7-9,12-13,15-16,19-20H2,1-2H3/b11-6-,17-10?,21-14?. The van der Waals surface area contributed by atoms with Crippen molar-refractivity contribution in [3.8, 4) is 0 Å². The van der Waals surface area contributed by atoms with Crippen LogP contribution < -0.4 is 11.5 Å². The summed E-state index contributed by atoms with van der Waals surface area (Å²) in [6, 6.07) is 0. The average molecular weight is 309 g/mol. The summed E-state index contributed by atoms with van der Waals surface area (Å²) >= 11 is 0. The Morgan fingerprint density at radius 1 is 1.23 bits per heavy atom. The normalized spacial score (nSPS) is 14.3. The second-order valence-corrected chi connectivity index (χ2v) is 5.52. The number of allylic oxidation sites excluding steroid dienone is 2. The average Bonchev–Trinajstić information content (AvgIpc) is 2.52. The van der Waals surface area contributed by atoms with Crippen LogP contribution in [0.15, 0.2) is 28.9 Å². The topological polar surface area (TPSA) is 73.6 Å². The SMILES string of the molecule is CCCC(/C=C\CCCCN)COCCC=C(C)N=CCN. The first-order chi connectivity index (χ1) is 10.7. The van der Waals surface area contributed by atoms with E-state index in [-0.39, 0.29) is 0 Å². The van der Waals surface area contributed by atoms with Gasteiger partial charge in [-0.3, -0.25) is 4.99 Å². The van der Waals surface area contributed by atoms with Crippen LogP contribution in [0.3, 0.4) is 0 Å². The predicted molar refractivity (Wildman–Crippen MR) is 97.2 cm³/mol. The molecule has 0 rings (SSSR count). The zero-order chi connectivity index (χ0) is 16.5. The maximum atomic E-state index is 5.79. The van der Waals surface area contributed by atoms with Gasteiger partial charge in [0, 0.05) is 24.4 Å². The molecule has 0 aliphatic carbocycles. The zero-order valence-corrected chi connectivity index (χ0v) is 14.5. The number of rotatable bonds is 14. The highest BCUT2D eigenvalue weighted by atomic mass is 16.5. The summed E-state index contributed by atoms with van der Waals surface area (Å²) < 4.78 is 5.79. The molecule has 4 nitrogen and oxygen atoms in total. The van der Waals surface area contributed by atoms with E-state index >= 15 is 0 Å². The van der Waals surface area contributed by atoms with Crippen LogP contribution >= 0.6 is 0 Å². The Balaban J connectivity index is 3.87. The third-order valence-electron chi connectivity index (χ3n) is 3.33. The first kappa shape index (κ1) is 21.0. The summed E-state index contributed by atoms with van der Waals surface area (Å²) in [6.07, 6.45) is 15.1. The van der Waals surface area contributed by atoms with Crippen molar-refractivity contribution in [3.63, 3.8) is 0 Å². The van der Waals surface area contributed by atoms with Crippen LogP contribution in [0.1, 0.15) is 52.4 Å². The van der Waals surface area contributed by atoms with Gasteiger partial charge in [-0.2, -0.15) is 0 Å². The monoisotopic (exact) mass is 309 g/mol. The molecule has 0 aromatic carbocycles. The maximum absolute atomic E-state index is 5.79. The Hall–Kier alpha value is -0.970. The lowest BCUT2D eigenvalue weighted by Gasteiger charge is -2.12. The summed E-state index contributed by atoms with van der Waals surface area (Å²) in [5.41, 5.74) is 11.9. The number of unbranched alkanes of at least 4 members (excludes halogenated alkanes) is 2. The lowest BCUT2D eigenvalue weighted by Crippen LogP contribution is -2.08. The molecular weight excluding hydrogens is 274 g/mol. The van der Waals surface area contributed by atoms with Crippen molar-refractivity contribution in [3.05, 3.63) is 23.9 Å². The maximum Gasteiger partial charge on any atom is 0.0528 e. The zero-order valence-electron chi connectivity index (χ0n) is 14.5. The Labute approximate surface area is 136 Å². The van der Waals surface area contributed by atoms with E-state index in [9.17, 15) is 0 Å². The number of aliphatic imine (C=N–C) groups is 1. The molecule has 22 heavy (non-hydrogen) atoms. The van der Waals surface area contributed by atoms with Gasteiger partial charge in [-0.05, 0) is 45.6 Å². The summed E-state index contributed by atoms with van der Waals surface area (Å²) in [6.45, 7) is 7.03. The van der Waals surface area contributed by atoms with E-state index in [0.29, 0.717) is 12.5 Å². The van der Waals surface area contributed by atoms with Gasteiger partial charge in [0.1, 0.15) is 0 Å². The van der Waals surface area contributed by atoms with E-state index in [1.807, 2.05) is 6.92 Å². The van der Waals surface area contributed by atoms with Gasteiger partial charge < -0.3 is 16.2 Å². The molecule has 1 atom stereocenters. The summed E-state index contributed by atoms with van der Waals surface area (Å²) in [5, 5.41) is 0. The Morgan fingerprint density at radius 3 is 2.73 bits per heavy atom. The highest BCUT2D eigenvalue weighted by Gasteiger charge is 2.03. The van der Waals surface area contributed by atoms with Crippen molar-refractivity contribution < 1.29 is 4.74 Å². The van der Waals surface area contributed by atoms with Crippen molar-refractivity contribution in [2.45, 2.75) is 52.4 Å². The second-order valence-electron chi connectivity index (χ2n) is 5.52. The fourth-order valence-electron chi connectivity index (χ4n) is 2.14. The molecule has 0 spiro atoms. The number of nitrogens with two attached hydrogens (primary N) is 2. The van der Waals surface area contributed by atoms with Gasteiger partial charge in [0.15, 0.2) is 0 Å². The van der Waals surface area contributed by atoms with Gasteiger partial charge in [0.25, 0.3) is 0 Å². The van der Waals surface area contributed by atoms with Gasteiger partial charge in [0.2, 0.25) is 0 Å². The van der Waals surface area contributed by atoms with E-state index in [2.05, 4.69) is 30.1 Å². The molecule has 0 saturated heterocycles. The summed E-state index contributed by atoms with van der Waals surface area (Å²) in [4.78, 5) is 4.21. The highest BCUT2D eigenvalue weighted by Crippen LogP contribution is 2.10. The van der Waals surface area contributed by atoms with Crippen LogP contribution in [-0.2, 0) is 4.74 Å². The fourth-order valence-corrected chi connectivity index (χ4v) is 2.14. The molecule has 0 bridgehead atoms. The van der Waals surface area contributed by atoms with Gasteiger partial charge in [-0.15, -0.1) is 0 Å². The third kappa shape index (κ3) is 14.0. The first-order valence-corrected chi connectivity index (χ1v) is 8.58. The molecule has 4 N–H and O–H groups in total. The number of hydrogen-bond acceptors (Lipinski definition) is 4. The van der Waals surface area contributed by atoms with Crippen LogP contribution in [0.5, 0.6) is 0 Å². The van der Waals surface area contributed by atoms with Crippen LogP contribution in [-0.4, -0.2) is 32.5 Å². The van der Waals surface area contributed by atoms with Gasteiger partial charge in [0.05, 0.1) is 13.2 Å². The van der Waals surface area contributed by atoms with Crippen LogP contribution in [0, 0.1) is 5.92 Å². The molecular formula is C18H35N3O. The lowest BCUT2D eigenvalue weighted by atomic mass is 10.0. The lowest BCUT2D eigenvalue weighted by molar-refractivity contribution is 0.113. The Bertz CT molecular complexity index is 324. The molecule has 0 radical (unpaired) electrons. The minimum Gasteiger partial charge on any atom is -0.381 e. The smallest absolute Gasteiger partial charge is 0.0528 e. The molecule has 128 valence electrons. The number of nitrogens with zero attached hydrogens (tertiary/aromatic N) is 1. The number of hydrogen-bond donors (Lipinski definition) is 2. The van der Waals surface area contributed by atoms with Crippen molar-refractivity contribution in [1.29, 1.82) is 0 Å². The Kier molecular flexibility index (Phi) is 15.7. The largest absolute Gasteiger partial charge is 0.381 e. The van der Waals surface area contributed by atoms with Crippen molar-refractivity contribution in [1.82, 2.24) is 0 Å². The molecule has 0 amide bonds. The van der Waals surface area contributed by atoms with Gasteiger partial charge >= 0.3 is 0 Å². The van der Waals surface area contributed by atoms with E-state index in [1.165, 1.54) is 19.3 Å². The minimum atomic E-state index is 0.484. The Morgan fingerprint density at radius 2 is 2.05 bits per heavy atom. The third-order valence-corrected chi connectivity index (χ3v) is 3.33. The summed E-state index contributed by atoms with van der Waals surface area (Å²) in [5.74, 6) is 0.531. The van der Waals surface area contributed by atoms with Gasteiger partial charge in [-0.25, -0.2) is 0 Å². The quantitative estimate of drug-likeness (QED) is 0.293. The van der Waals surface area contributed by atoms with E-state index in [4.69, 9.17) is 16.2 Å². The summed E-state index contributed by atoms with van der Waals surface area (Å²) in [7, 11) is 0. The molecule has 4 heteroatoms. The van der Waals surface area contributed by atoms with Crippen LogP contribution in [0.2, 0.25) is 0 Å². The van der Waals surface area contributed by atoms with Crippen LogP contribution in [0.4, 0.5) is 0 Å². The molecule has 0 fully saturated rings. The van der Waals surface area contributed by atoms with Crippen LogP contribution in [0.25, 0.3) is 0 Å². The number of ether oxygens (including phenoxy) is 1. The van der Waals surface area contributed by atoms with Crippen molar-refractivity contribution in [2.24, 2.45) is 22.4 Å². The first-order valence-electron chi connectivity index (χ1n) is 8.58. The second kappa shape index (κ2) is 16.4. The molecule has 0 aliphatic rings. The van der Waals surface area contributed by atoms with E-state index in [1.54, 1.807) is 6.21 Å². The van der Waals surface area contributed by atoms with Gasteiger partial charge in [-0.1, -0.05) is 31.6 Å². The van der Waals surface area contributed by atoms with E-state index in [0.717, 1.165) is 44.7 Å². The van der Waals surface area contributed by atoms with Crippen molar-refractivity contribution >= 4 is 6.21 Å². The molecule has 0 aromatic rings. The van der Waals surface area contributed by atoms with E-state index < -0.39 is 0 Å². The fraction of sp³-hybridized carbons (Fsp3) is 0.722. The molecule has 1 unspecified atom stereocenters. The molecule has 0 aromatic heterocycles.